The van der Waals surface area contributed by atoms with Crippen molar-refractivity contribution in [3.8, 4) is 5.75 Å². The molecule has 0 spiro atoms. The van der Waals surface area contributed by atoms with Gasteiger partial charge in [0.1, 0.15) is 5.75 Å². The van der Waals surface area contributed by atoms with Crippen LogP contribution in [0.1, 0.15) is 16.7 Å². The summed E-state index contributed by atoms with van der Waals surface area (Å²) in [4.78, 5) is 0. The Kier molecular flexibility index (Phi) is 4.83. The topological polar surface area (TPSA) is 32.3 Å². The molecule has 0 aliphatic rings. The Morgan fingerprint density at radius 2 is 1.95 bits per heavy atom. The number of benzene rings is 2. The van der Waals surface area contributed by atoms with Gasteiger partial charge in [0.25, 0.3) is 0 Å². The molecule has 0 fully saturated rings. The number of hydrogen-bond acceptors (Lipinski definition) is 2. The maximum absolute atomic E-state index is 9.34. The molecule has 0 heterocycles. The maximum Gasteiger partial charge on any atom is 0.134 e. The fraction of sp³-hybridized carbons (Fsp3) is 0.250. The largest absolute Gasteiger partial charge is 0.506 e. The second-order valence-electron chi connectivity index (χ2n) is 4.70. The molecule has 0 unspecified atom stereocenters. The molecule has 0 saturated carbocycles. The summed E-state index contributed by atoms with van der Waals surface area (Å²) in [5, 5.41) is 13.1. The summed E-state index contributed by atoms with van der Waals surface area (Å²) < 4.78 is 0. The molecule has 2 aromatic rings. The summed E-state index contributed by atoms with van der Waals surface area (Å²) in [6.07, 6.45) is 1.01. The molecule has 0 atom stereocenters. The molecule has 2 N–H and O–H groups in total. The highest BCUT2D eigenvalue weighted by Crippen LogP contribution is 2.23. The van der Waals surface area contributed by atoms with Crippen molar-refractivity contribution in [3.63, 3.8) is 0 Å². The molecule has 19 heavy (non-hydrogen) atoms. The Hall–Kier alpha value is -1.51. The minimum atomic E-state index is 0.130. The van der Waals surface area contributed by atoms with Crippen molar-refractivity contribution in [2.24, 2.45) is 0 Å². The van der Waals surface area contributed by atoms with E-state index in [-0.39, 0.29) is 5.75 Å². The first-order valence-corrected chi connectivity index (χ1v) is 6.76. The normalized spacial score (nSPS) is 10.6. The molecule has 3 heteroatoms. The molecule has 0 bridgehead atoms. The van der Waals surface area contributed by atoms with Crippen LogP contribution in [-0.4, -0.2) is 11.7 Å². The van der Waals surface area contributed by atoms with E-state index in [2.05, 4.69) is 36.5 Å². The van der Waals surface area contributed by atoms with Gasteiger partial charge in [-0.15, -0.1) is 0 Å². The van der Waals surface area contributed by atoms with Crippen LogP contribution in [0.2, 0.25) is 5.02 Å². The van der Waals surface area contributed by atoms with Crippen molar-refractivity contribution in [1.82, 2.24) is 5.32 Å². The van der Waals surface area contributed by atoms with Gasteiger partial charge in [-0.25, -0.2) is 0 Å². The van der Waals surface area contributed by atoms with E-state index in [1.807, 2.05) is 6.07 Å². The van der Waals surface area contributed by atoms with Crippen molar-refractivity contribution in [2.45, 2.75) is 19.9 Å². The molecular formula is C16H18ClNO. The van der Waals surface area contributed by atoms with Crippen molar-refractivity contribution in [3.05, 3.63) is 64.2 Å². The van der Waals surface area contributed by atoms with Gasteiger partial charge in [-0.05, 0) is 43.1 Å². The number of aryl methyl sites for hydroxylation is 1. The second kappa shape index (κ2) is 6.60. The smallest absolute Gasteiger partial charge is 0.134 e. The molecule has 0 radical (unpaired) electrons. The minimum Gasteiger partial charge on any atom is -0.506 e. The van der Waals surface area contributed by atoms with Gasteiger partial charge in [0.05, 0.1) is 5.02 Å². The molecule has 0 aliphatic heterocycles. The van der Waals surface area contributed by atoms with E-state index in [4.69, 9.17) is 11.6 Å². The van der Waals surface area contributed by atoms with Gasteiger partial charge >= 0.3 is 0 Å². The Labute approximate surface area is 119 Å². The van der Waals surface area contributed by atoms with Crippen LogP contribution < -0.4 is 5.32 Å². The van der Waals surface area contributed by atoms with E-state index in [9.17, 15) is 5.11 Å². The number of phenols is 1. The summed E-state index contributed by atoms with van der Waals surface area (Å²) in [5.41, 5.74) is 3.71. The lowest BCUT2D eigenvalue weighted by molar-refractivity contribution is 0.475. The van der Waals surface area contributed by atoms with E-state index < -0.39 is 0 Å². The first kappa shape index (κ1) is 13.9. The molecular weight excluding hydrogens is 258 g/mol. The number of aromatic hydroxyl groups is 1. The van der Waals surface area contributed by atoms with Gasteiger partial charge in [-0.1, -0.05) is 47.5 Å². The Bertz CT molecular complexity index is 554. The number of phenolic OH excluding ortho intramolecular Hbond substituents is 1. The number of rotatable bonds is 5. The lowest BCUT2D eigenvalue weighted by Crippen LogP contribution is -2.16. The molecule has 2 rings (SSSR count). The average molecular weight is 276 g/mol. The van der Waals surface area contributed by atoms with Gasteiger partial charge in [0.2, 0.25) is 0 Å². The highest BCUT2D eigenvalue weighted by molar-refractivity contribution is 6.32. The average Bonchev–Trinajstić information content (AvgIpc) is 2.39. The zero-order chi connectivity index (χ0) is 13.7. The third kappa shape index (κ3) is 4.27. The van der Waals surface area contributed by atoms with Crippen molar-refractivity contribution in [1.29, 1.82) is 0 Å². The van der Waals surface area contributed by atoms with E-state index in [1.165, 1.54) is 11.1 Å². The minimum absolute atomic E-state index is 0.130. The Morgan fingerprint density at radius 3 is 2.68 bits per heavy atom. The van der Waals surface area contributed by atoms with Gasteiger partial charge in [0, 0.05) is 6.54 Å². The zero-order valence-corrected chi connectivity index (χ0v) is 11.7. The lowest BCUT2D eigenvalue weighted by Gasteiger charge is -2.07. The second-order valence-corrected chi connectivity index (χ2v) is 5.11. The van der Waals surface area contributed by atoms with Gasteiger partial charge in [0.15, 0.2) is 0 Å². The van der Waals surface area contributed by atoms with E-state index in [0.29, 0.717) is 5.02 Å². The number of nitrogens with one attached hydrogen (secondary N) is 1. The predicted molar refractivity (Wildman–Crippen MR) is 79.7 cm³/mol. The van der Waals surface area contributed by atoms with Crippen molar-refractivity contribution in [2.75, 3.05) is 6.54 Å². The standard InChI is InChI=1S/C16H18ClNO/c1-12-3-2-4-13(9-12)7-8-18-11-14-5-6-16(19)15(17)10-14/h2-6,9-10,18-19H,7-8,11H2,1H3. The lowest BCUT2D eigenvalue weighted by atomic mass is 10.1. The third-order valence-corrected chi connectivity index (χ3v) is 3.32. The fourth-order valence-corrected chi connectivity index (χ4v) is 2.20. The monoisotopic (exact) mass is 275 g/mol. The van der Waals surface area contributed by atoms with E-state index >= 15 is 0 Å². The van der Waals surface area contributed by atoms with Crippen molar-refractivity contribution >= 4 is 11.6 Å². The third-order valence-electron chi connectivity index (χ3n) is 3.01. The Balaban J connectivity index is 1.79. The van der Waals surface area contributed by atoms with Crippen LogP contribution >= 0.6 is 11.6 Å². The van der Waals surface area contributed by atoms with Crippen LogP contribution in [0.3, 0.4) is 0 Å². The maximum atomic E-state index is 9.34. The number of halogens is 1. The van der Waals surface area contributed by atoms with Gasteiger partial charge < -0.3 is 10.4 Å². The van der Waals surface area contributed by atoms with Crippen LogP contribution in [0.5, 0.6) is 5.75 Å². The molecule has 100 valence electrons. The summed E-state index contributed by atoms with van der Waals surface area (Å²) >= 11 is 5.86. The van der Waals surface area contributed by atoms with Crippen LogP contribution in [0.25, 0.3) is 0 Å². The summed E-state index contributed by atoms with van der Waals surface area (Å²) in [6, 6.07) is 13.8. The summed E-state index contributed by atoms with van der Waals surface area (Å²) in [6.45, 7) is 3.78. The van der Waals surface area contributed by atoms with E-state index in [1.54, 1.807) is 12.1 Å². The zero-order valence-electron chi connectivity index (χ0n) is 11.0. The van der Waals surface area contributed by atoms with Crippen LogP contribution in [0, 0.1) is 6.92 Å². The summed E-state index contributed by atoms with van der Waals surface area (Å²) in [5.74, 6) is 0.130. The molecule has 0 saturated heterocycles. The van der Waals surface area contributed by atoms with Gasteiger partial charge in [-0.2, -0.15) is 0 Å². The first-order valence-electron chi connectivity index (χ1n) is 6.39. The first-order chi connectivity index (χ1) is 9.15. The van der Waals surface area contributed by atoms with E-state index in [0.717, 1.165) is 25.1 Å². The quantitative estimate of drug-likeness (QED) is 0.816. The molecule has 2 nitrogen and oxygen atoms in total. The highest BCUT2D eigenvalue weighted by Gasteiger charge is 2.00. The SMILES string of the molecule is Cc1cccc(CCNCc2ccc(O)c(Cl)c2)c1. The van der Waals surface area contributed by atoms with Crippen LogP contribution in [0.4, 0.5) is 0 Å². The molecule has 0 amide bonds. The van der Waals surface area contributed by atoms with Crippen LogP contribution in [-0.2, 0) is 13.0 Å². The fourth-order valence-electron chi connectivity index (χ4n) is 1.99. The van der Waals surface area contributed by atoms with Crippen molar-refractivity contribution < 1.29 is 5.11 Å². The molecule has 2 aromatic carbocycles. The van der Waals surface area contributed by atoms with Gasteiger partial charge in [-0.3, -0.25) is 0 Å². The number of hydrogen-bond donors (Lipinski definition) is 2. The Morgan fingerprint density at radius 1 is 1.11 bits per heavy atom. The predicted octanol–water partition coefficient (Wildman–Crippen LogP) is 3.69. The van der Waals surface area contributed by atoms with Crippen LogP contribution in [0.15, 0.2) is 42.5 Å². The molecule has 0 aliphatic carbocycles. The summed E-state index contributed by atoms with van der Waals surface area (Å²) in [7, 11) is 0. The molecule has 0 aromatic heterocycles. The highest BCUT2D eigenvalue weighted by atomic mass is 35.5.